The van der Waals surface area contributed by atoms with Gasteiger partial charge in [0.25, 0.3) is 0 Å². The van der Waals surface area contributed by atoms with E-state index in [1.165, 1.54) is 25.7 Å². The van der Waals surface area contributed by atoms with Crippen LogP contribution in [0.5, 0.6) is 0 Å². The van der Waals surface area contributed by atoms with E-state index >= 15 is 0 Å². The fourth-order valence-corrected chi connectivity index (χ4v) is 4.12. The van der Waals surface area contributed by atoms with Gasteiger partial charge in [0.05, 0.1) is 4.47 Å². The van der Waals surface area contributed by atoms with E-state index in [4.69, 9.17) is 0 Å². The van der Waals surface area contributed by atoms with E-state index in [0.29, 0.717) is 12.0 Å². The van der Waals surface area contributed by atoms with E-state index in [1.807, 2.05) is 7.05 Å². The van der Waals surface area contributed by atoms with Crippen LogP contribution in [0.3, 0.4) is 0 Å². The fraction of sp³-hybridized carbons (Fsp3) is 0.714. The summed E-state index contributed by atoms with van der Waals surface area (Å²) in [7, 11) is 1.84. The Labute approximate surface area is 122 Å². The SMILES string of the molecule is CNc1ncc(Br)c(NC(C)C2CC3CCC2C3)n1. The van der Waals surface area contributed by atoms with Gasteiger partial charge in [-0.3, -0.25) is 0 Å². The number of nitrogens with zero attached hydrogens (tertiary/aromatic N) is 2. The normalized spacial score (nSPS) is 30.4. The minimum atomic E-state index is 0.478. The second kappa shape index (κ2) is 5.27. The molecule has 4 nitrogen and oxygen atoms in total. The number of hydrogen-bond acceptors (Lipinski definition) is 4. The zero-order valence-corrected chi connectivity index (χ0v) is 13.1. The van der Waals surface area contributed by atoms with Crippen LogP contribution in [-0.2, 0) is 0 Å². The average Bonchev–Trinajstić information content (AvgIpc) is 3.03. The maximum absolute atomic E-state index is 4.48. The van der Waals surface area contributed by atoms with Crippen molar-refractivity contribution >= 4 is 27.7 Å². The maximum Gasteiger partial charge on any atom is 0.224 e. The predicted molar refractivity (Wildman–Crippen MR) is 81.3 cm³/mol. The average molecular weight is 325 g/mol. The van der Waals surface area contributed by atoms with Crippen molar-refractivity contribution in [3.05, 3.63) is 10.7 Å². The van der Waals surface area contributed by atoms with Crippen LogP contribution in [0.15, 0.2) is 10.7 Å². The lowest BCUT2D eigenvalue weighted by atomic mass is 9.84. The largest absolute Gasteiger partial charge is 0.366 e. The molecule has 0 aromatic carbocycles. The highest BCUT2D eigenvalue weighted by atomic mass is 79.9. The van der Waals surface area contributed by atoms with Crippen LogP contribution < -0.4 is 10.6 Å². The third kappa shape index (κ3) is 2.57. The molecule has 1 aromatic rings. The smallest absolute Gasteiger partial charge is 0.224 e. The molecule has 0 spiro atoms. The van der Waals surface area contributed by atoms with E-state index in [9.17, 15) is 0 Å². The topological polar surface area (TPSA) is 49.8 Å². The molecule has 2 saturated carbocycles. The van der Waals surface area contributed by atoms with Crippen LogP contribution in [0.2, 0.25) is 0 Å². The summed E-state index contributed by atoms with van der Waals surface area (Å²) in [4.78, 5) is 8.68. The van der Waals surface area contributed by atoms with Gasteiger partial charge in [-0.15, -0.1) is 0 Å². The highest BCUT2D eigenvalue weighted by Gasteiger charge is 2.41. The van der Waals surface area contributed by atoms with Crippen molar-refractivity contribution in [2.75, 3.05) is 17.7 Å². The summed E-state index contributed by atoms with van der Waals surface area (Å²) in [5.41, 5.74) is 0. The molecule has 4 unspecified atom stereocenters. The Morgan fingerprint density at radius 3 is 2.84 bits per heavy atom. The third-order valence-electron chi connectivity index (χ3n) is 4.77. The second-order valence-electron chi connectivity index (χ2n) is 5.91. The lowest BCUT2D eigenvalue weighted by molar-refractivity contribution is 0.304. The minimum absolute atomic E-state index is 0.478. The lowest BCUT2D eigenvalue weighted by Gasteiger charge is -2.29. The van der Waals surface area contributed by atoms with Crippen LogP contribution in [0.1, 0.15) is 32.6 Å². The summed E-state index contributed by atoms with van der Waals surface area (Å²) >= 11 is 3.52. The highest BCUT2D eigenvalue weighted by molar-refractivity contribution is 9.10. The van der Waals surface area contributed by atoms with Crippen molar-refractivity contribution in [1.82, 2.24) is 9.97 Å². The van der Waals surface area contributed by atoms with Gasteiger partial charge >= 0.3 is 0 Å². The number of rotatable bonds is 4. The lowest BCUT2D eigenvalue weighted by Crippen LogP contribution is -2.30. The Kier molecular flexibility index (Phi) is 3.65. The van der Waals surface area contributed by atoms with E-state index < -0.39 is 0 Å². The molecule has 2 bridgehead atoms. The zero-order valence-electron chi connectivity index (χ0n) is 11.5. The monoisotopic (exact) mass is 324 g/mol. The van der Waals surface area contributed by atoms with Crippen molar-refractivity contribution in [1.29, 1.82) is 0 Å². The Balaban J connectivity index is 1.70. The van der Waals surface area contributed by atoms with Crippen molar-refractivity contribution in [2.24, 2.45) is 17.8 Å². The summed E-state index contributed by atoms with van der Waals surface area (Å²) in [6, 6.07) is 0.478. The molecular formula is C14H21BrN4. The zero-order chi connectivity index (χ0) is 13.4. The van der Waals surface area contributed by atoms with Gasteiger partial charge in [0.1, 0.15) is 5.82 Å². The fourth-order valence-electron chi connectivity index (χ4n) is 3.82. The molecule has 0 amide bonds. The van der Waals surface area contributed by atoms with Gasteiger partial charge in [0.2, 0.25) is 5.95 Å². The minimum Gasteiger partial charge on any atom is -0.366 e. The van der Waals surface area contributed by atoms with Crippen molar-refractivity contribution < 1.29 is 0 Å². The van der Waals surface area contributed by atoms with Crippen LogP contribution in [0.4, 0.5) is 11.8 Å². The van der Waals surface area contributed by atoms with E-state index in [2.05, 4.69) is 43.5 Å². The van der Waals surface area contributed by atoms with Crippen LogP contribution in [0.25, 0.3) is 0 Å². The Bertz CT molecular complexity index is 465. The van der Waals surface area contributed by atoms with Crippen molar-refractivity contribution in [2.45, 2.75) is 38.6 Å². The molecule has 104 valence electrons. The molecule has 19 heavy (non-hydrogen) atoms. The molecule has 4 atom stereocenters. The number of hydrogen-bond donors (Lipinski definition) is 2. The summed E-state index contributed by atoms with van der Waals surface area (Å²) < 4.78 is 0.932. The van der Waals surface area contributed by atoms with Crippen LogP contribution in [-0.4, -0.2) is 23.1 Å². The Morgan fingerprint density at radius 2 is 2.21 bits per heavy atom. The molecular weight excluding hydrogens is 304 g/mol. The van der Waals surface area contributed by atoms with Gasteiger partial charge in [0.15, 0.2) is 0 Å². The Morgan fingerprint density at radius 1 is 1.37 bits per heavy atom. The number of fused-ring (bicyclic) bond motifs is 2. The first-order chi connectivity index (χ1) is 9.17. The third-order valence-corrected chi connectivity index (χ3v) is 5.35. The molecule has 2 aliphatic carbocycles. The number of anilines is 2. The quantitative estimate of drug-likeness (QED) is 0.889. The number of nitrogens with one attached hydrogen (secondary N) is 2. The first kappa shape index (κ1) is 13.2. The summed E-state index contributed by atoms with van der Waals surface area (Å²) in [5, 5.41) is 6.55. The molecule has 3 rings (SSSR count). The summed E-state index contributed by atoms with van der Waals surface area (Å²) in [5.74, 6) is 4.27. The summed E-state index contributed by atoms with van der Waals surface area (Å²) in [6.07, 6.45) is 7.52. The highest BCUT2D eigenvalue weighted by Crippen LogP contribution is 2.49. The number of aromatic nitrogens is 2. The van der Waals surface area contributed by atoms with Crippen LogP contribution in [0, 0.1) is 17.8 Å². The first-order valence-corrected chi connectivity index (χ1v) is 7.93. The van der Waals surface area contributed by atoms with E-state index in [0.717, 1.165) is 28.0 Å². The van der Waals surface area contributed by atoms with Gasteiger partial charge < -0.3 is 10.6 Å². The molecule has 0 saturated heterocycles. The first-order valence-electron chi connectivity index (χ1n) is 7.14. The van der Waals surface area contributed by atoms with Crippen molar-refractivity contribution in [3.63, 3.8) is 0 Å². The van der Waals surface area contributed by atoms with E-state index in [-0.39, 0.29) is 0 Å². The van der Waals surface area contributed by atoms with E-state index in [1.54, 1.807) is 6.20 Å². The maximum atomic E-state index is 4.48. The molecule has 2 fully saturated rings. The molecule has 0 aliphatic heterocycles. The summed E-state index contributed by atoms with van der Waals surface area (Å²) in [6.45, 7) is 2.29. The Hall–Kier alpha value is -0.840. The molecule has 2 N–H and O–H groups in total. The van der Waals surface area contributed by atoms with Gasteiger partial charge in [-0.25, -0.2) is 4.98 Å². The second-order valence-corrected chi connectivity index (χ2v) is 6.77. The number of halogens is 1. The van der Waals surface area contributed by atoms with Gasteiger partial charge in [-0.05, 0) is 59.9 Å². The predicted octanol–water partition coefficient (Wildman–Crippen LogP) is 3.52. The molecule has 0 radical (unpaired) electrons. The standard InChI is InChI=1S/C14H21BrN4/c1-8(11-6-9-3-4-10(11)5-9)18-13-12(15)7-17-14(16-2)19-13/h7-11H,3-6H2,1-2H3,(H2,16,17,18,19). The van der Waals surface area contributed by atoms with Crippen molar-refractivity contribution in [3.8, 4) is 0 Å². The van der Waals surface area contributed by atoms with Crippen LogP contribution >= 0.6 is 15.9 Å². The van der Waals surface area contributed by atoms with Gasteiger partial charge in [-0.1, -0.05) is 6.42 Å². The molecule has 1 heterocycles. The molecule has 2 aliphatic rings. The molecule has 1 aromatic heterocycles. The van der Waals surface area contributed by atoms with Gasteiger partial charge in [-0.2, -0.15) is 4.98 Å². The van der Waals surface area contributed by atoms with Gasteiger partial charge in [0, 0.05) is 19.3 Å². The molecule has 5 heteroatoms.